The van der Waals surface area contributed by atoms with Crippen molar-refractivity contribution >= 4 is 23.5 Å². The summed E-state index contributed by atoms with van der Waals surface area (Å²) in [5.74, 6) is -1.77. The van der Waals surface area contributed by atoms with Crippen molar-refractivity contribution in [3.05, 3.63) is 65.7 Å². The second-order valence-electron chi connectivity index (χ2n) is 7.78. The van der Waals surface area contributed by atoms with E-state index in [1.807, 2.05) is 54.6 Å². The maximum Gasteiger partial charge on any atom is 0.328 e. The van der Waals surface area contributed by atoms with Gasteiger partial charge < -0.3 is 15.3 Å². The van der Waals surface area contributed by atoms with Crippen molar-refractivity contribution in [2.24, 2.45) is 0 Å². The second-order valence-corrected chi connectivity index (χ2v) is 7.78. The lowest BCUT2D eigenvalue weighted by molar-refractivity contribution is -0.146. The van der Waals surface area contributed by atoms with Gasteiger partial charge >= 0.3 is 5.97 Å². The van der Waals surface area contributed by atoms with Crippen molar-refractivity contribution in [1.82, 2.24) is 5.32 Å². The number of carbonyl (C=O) groups is 3. The van der Waals surface area contributed by atoms with E-state index in [1.165, 1.54) is 13.8 Å². The van der Waals surface area contributed by atoms with Crippen molar-refractivity contribution in [2.75, 3.05) is 11.9 Å². The summed E-state index contributed by atoms with van der Waals surface area (Å²) >= 11 is 0. The van der Waals surface area contributed by atoms with Crippen molar-refractivity contribution in [1.29, 1.82) is 0 Å². The molecule has 2 N–H and O–H groups in total. The number of para-hydroxylation sites is 1. The zero-order chi connectivity index (χ0) is 20.5. The van der Waals surface area contributed by atoms with Crippen molar-refractivity contribution in [2.45, 2.75) is 37.6 Å². The third-order valence-corrected chi connectivity index (χ3v) is 5.29. The van der Waals surface area contributed by atoms with Gasteiger partial charge in [0.15, 0.2) is 0 Å². The largest absolute Gasteiger partial charge is 0.480 e. The minimum Gasteiger partial charge on any atom is -0.480 e. The first kappa shape index (κ1) is 19.6. The lowest BCUT2D eigenvalue weighted by Crippen LogP contribution is -2.52. The van der Waals surface area contributed by atoms with E-state index in [9.17, 15) is 19.5 Å². The summed E-state index contributed by atoms with van der Waals surface area (Å²) < 4.78 is 0. The Morgan fingerprint density at radius 1 is 1.07 bits per heavy atom. The van der Waals surface area contributed by atoms with Crippen LogP contribution < -0.4 is 10.2 Å². The quantitative estimate of drug-likeness (QED) is 0.806. The van der Waals surface area contributed by atoms with Crippen molar-refractivity contribution in [3.63, 3.8) is 0 Å². The van der Waals surface area contributed by atoms with Gasteiger partial charge in [-0.3, -0.25) is 9.59 Å². The lowest BCUT2D eigenvalue weighted by Gasteiger charge is -2.30. The molecule has 146 valence electrons. The third-order valence-electron chi connectivity index (χ3n) is 5.29. The van der Waals surface area contributed by atoms with Gasteiger partial charge in [-0.15, -0.1) is 0 Å². The number of carbonyl (C=O) groups excluding carboxylic acids is 2. The van der Waals surface area contributed by atoms with Crippen LogP contribution in [0.25, 0.3) is 0 Å². The van der Waals surface area contributed by atoms with Gasteiger partial charge in [0.1, 0.15) is 5.54 Å². The van der Waals surface area contributed by atoms with Crippen LogP contribution in [-0.4, -0.2) is 35.5 Å². The molecule has 0 saturated carbocycles. The number of nitrogens with zero attached hydrogens (tertiary/aromatic N) is 1. The molecular weight excluding hydrogens is 356 g/mol. The normalized spacial score (nSPS) is 18.7. The van der Waals surface area contributed by atoms with E-state index in [2.05, 4.69) is 5.32 Å². The molecule has 0 aliphatic carbocycles. The Hall–Kier alpha value is -3.15. The van der Waals surface area contributed by atoms with Gasteiger partial charge in [0, 0.05) is 19.2 Å². The van der Waals surface area contributed by atoms with E-state index in [0.717, 1.165) is 16.8 Å². The first-order chi connectivity index (χ1) is 13.2. The van der Waals surface area contributed by atoms with Gasteiger partial charge in [-0.25, -0.2) is 4.79 Å². The molecule has 2 aromatic rings. The number of rotatable bonds is 6. The van der Waals surface area contributed by atoms with Crippen LogP contribution in [0, 0.1) is 0 Å². The highest BCUT2D eigenvalue weighted by Gasteiger charge is 2.51. The Balaban J connectivity index is 2.03. The summed E-state index contributed by atoms with van der Waals surface area (Å²) in [5.41, 5.74) is -0.00156. The predicted octanol–water partition coefficient (Wildman–Crippen LogP) is 2.51. The molecule has 2 aromatic carbocycles. The molecule has 0 fully saturated rings. The van der Waals surface area contributed by atoms with Gasteiger partial charge in [-0.05, 0) is 37.5 Å². The van der Waals surface area contributed by atoms with Crippen LogP contribution in [0.2, 0.25) is 0 Å². The van der Waals surface area contributed by atoms with Gasteiger partial charge in [-0.1, -0.05) is 48.5 Å². The van der Waals surface area contributed by atoms with Crippen LogP contribution in [0.3, 0.4) is 0 Å². The summed E-state index contributed by atoms with van der Waals surface area (Å²) in [5, 5.41) is 11.9. The Kier molecular flexibility index (Phi) is 4.98. The highest BCUT2D eigenvalue weighted by atomic mass is 16.4. The van der Waals surface area contributed by atoms with Crippen LogP contribution in [0.15, 0.2) is 54.6 Å². The zero-order valence-corrected chi connectivity index (χ0v) is 16.2. The van der Waals surface area contributed by atoms with Crippen molar-refractivity contribution in [3.8, 4) is 0 Å². The lowest BCUT2D eigenvalue weighted by atomic mass is 9.73. The summed E-state index contributed by atoms with van der Waals surface area (Å²) in [6.45, 7) is 2.85. The Morgan fingerprint density at radius 3 is 2.32 bits per heavy atom. The average molecular weight is 380 g/mol. The summed E-state index contributed by atoms with van der Waals surface area (Å²) in [4.78, 5) is 39.2. The van der Waals surface area contributed by atoms with Crippen LogP contribution >= 0.6 is 0 Å². The number of hydrogen-bond donors (Lipinski definition) is 2. The van der Waals surface area contributed by atoms with E-state index in [-0.39, 0.29) is 12.3 Å². The van der Waals surface area contributed by atoms with Gasteiger partial charge in [-0.2, -0.15) is 0 Å². The fourth-order valence-corrected chi connectivity index (χ4v) is 3.79. The molecule has 0 saturated heterocycles. The average Bonchev–Trinajstić information content (AvgIpc) is 2.84. The molecule has 1 atom stereocenters. The predicted molar refractivity (Wildman–Crippen MR) is 106 cm³/mol. The molecule has 1 aliphatic rings. The minimum absolute atomic E-state index is 0.126. The third kappa shape index (κ3) is 3.38. The molecule has 0 aromatic heterocycles. The number of hydrogen-bond acceptors (Lipinski definition) is 3. The molecule has 0 unspecified atom stereocenters. The fourth-order valence-electron chi connectivity index (χ4n) is 3.79. The Morgan fingerprint density at radius 2 is 1.68 bits per heavy atom. The van der Waals surface area contributed by atoms with Gasteiger partial charge in [0.2, 0.25) is 11.8 Å². The first-order valence-electron chi connectivity index (χ1n) is 9.13. The summed E-state index contributed by atoms with van der Waals surface area (Å²) in [7, 11) is 1.70. The van der Waals surface area contributed by atoms with Crippen molar-refractivity contribution < 1.29 is 19.5 Å². The van der Waals surface area contributed by atoms with Crippen LogP contribution in [-0.2, 0) is 26.2 Å². The minimum atomic E-state index is -1.42. The Labute approximate surface area is 164 Å². The van der Waals surface area contributed by atoms with Gasteiger partial charge in [0.05, 0.1) is 5.41 Å². The van der Waals surface area contributed by atoms with Crippen LogP contribution in [0.4, 0.5) is 5.69 Å². The molecule has 2 amide bonds. The highest BCUT2D eigenvalue weighted by molar-refractivity contribution is 6.10. The van der Waals surface area contributed by atoms with Gasteiger partial charge in [0.25, 0.3) is 0 Å². The van der Waals surface area contributed by atoms with Crippen LogP contribution in [0.1, 0.15) is 31.4 Å². The number of carboxylic acid groups (broad SMARTS) is 1. The van der Waals surface area contributed by atoms with E-state index in [1.54, 1.807) is 11.9 Å². The number of benzene rings is 2. The molecule has 6 heteroatoms. The number of aliphatic carboxylic acids is 1. The molecule has 3 rings (SSSR count). The maximum absolute atomic E-state index is 13.4. The molecular formula is C22H24N2O4. The number of fused-ring (bicyclic) bond motifs is 1. The van der Waals surface area contributed by atoms with E-state index in [0.29, 0.717) is 6.42 Å². The smallest absolute Gasteiger partial charge is 0.328 e. The standard InChI is InChI=1S/C22H24N2O4/c1-21(2,20(27)28)23-18(25)14-22(13-15-9-5-4-6-10-15)16-11-7-8-12-17(16)24(3)19(22)26/h4-12H,13-14H2,1-3H3,(H,23,25)(H,27,28)/t22-/m0/s1. The topological polar surface area (TPSA) is 86.7 Å². The molecule has 1 aliphatic heterocycles. The maximum atomic E-state index is 13.4. The monoisotopic (exact) mass is 380 g/mol. The van der Waals surface area contributed by atoms with Crippen LogP contribution in [0.5, 0.6) is 0 Å². The SMILES string of the molecule is CN1C(=O)[C@](CC(=O)NC(C)(C)C(=O)O)(Cc2ccccc2)c2ccccc21. The number of amides is 2. The Bertz CT molecular complexity index is 923. The molecule has 6 nitrogen and oxygen atoms in total. The molecule has 28 heavy (non-hydrogen) atoms. The van der Waals surface area contributed by atoms with E-state index >= 15 is 0 Å². The number of anilines is 1. The molecule has 0 bridgehead atoms. The first-order valence-corrected chi connectivity index (χ1v) is 9.13. The molecule has 0 radical (unpaired) electrons. The van der Waals surface area contributed by atoms with E-state index in [4.69, 9.17) is 0 Å². The second kappa shape index (κ2) is 7.11. The fraction of sp³-hybridized carbons (Fsp3) is 0.318. The number of likely N-dealkylation sites (N-methyl/N-ethyl adjacent to an activating group) is 1. The summed E-state index contributed by atoms with van der Waals surface area (Å²) in [6.07, 6.45) is 0.230. The molecule has 1 heterocycles. The molecule has 0 spiro atoms. The number of nitrogens with one attached hydrogen (secondary N) is 1. The van der Waals surface area contributed by atoms with E-state index < -0.39 is 22.8 Å². The zero-order valence-electron chi connectivity index (χ0n) is 16.2. The highest BCUT2D eigenvalue weighted by Crippen LogP contribution is 2.45. The number of carboxylic acids is 1. The summed E-state index contributed by atoms with van der Waals surface area (Å²) in [6, 6.07) is 17.0.